The second-order valence-corrected chi connectivity index (χ2v) is 8.71. The summed E-state index contributed by atoms with van der Waals surface area (Å²) in [6.07, 6.45) is 2.06. The van der Waals surface area contributed by atoms with Crippen LogP contribution in [0.15, 0.2) is 88.7 Å². The fourth-order valence-electron chi connectivity index (χ4n) is 3.57. The molecule has 6 heteroatoms. The van der Waals surface area contributed by atoms with E-state index in [1.165, 1.54) is 11.8 Å². The normalized spacial score (nSPS) is 13.2. The number of aliphatic hydroxyl groups is 1. The quantitative estimate of drug-likeness (QED) is 0.552. The van der Waals surface area contributed by atoms with Gasteiger partial charge in [-0.15, -0.1) is 0 Å². The van der Waals surface area contributed by atoms with E-state index in [9.17, 15) is 14.7 Å². The number of benzene rings is 3. The number of amides is 2. The Hall–Kier alpha value is -3.35. The first kappa shape index (κ1) is 21.9. The first-order valence-electron chi connectivity index (χ1n) is 10.4. The predicted octanol–water partition coefficient (Wildman–Crippen LogP) is 5.15. The second kappa shape index (κ2) is 9.85. The van der Waals surface area contributed by atoms with E-state index in [1.807, 2.05) is 73.7 Å². The van der Waals surface area contributed by atoms with Crippen LogP contribution >= 0.6 is 11.8 Å². The van der Waals surface area contributed by atoms with Gasteiger partial charge in [0, 0.05) is 35.3 Å². The summed E-state index contributed by atoms with van der Waals surface area (Å²) in [5.41, 5.74) is 4.07. The second-order valence-electron chi connectivity index (χ2n) is 7.54. The molecule has 1 aliphatic rings. The van der Waals surface area contributed by atoms with Crippen LogP contribution in [-0.2, 0) is 11.3 Å². The molecule has 0 radical (unpaired) electrons. The minimum Gasteiger partial charge on any atom is -0.396 e. The van der Waals surface area contributed by atoms with Crippen molar-refractivity contribution < 1.29 is 14.7 Å². The maximum Gasteiger partial charge on any atom is 0.255 e. The van der Waals surface area contributed by atoms with Crippen LogP contribution < -0.4 is 10.2 Å². The number of thioether (sulfide) groups is 1. The molecule has 4 rings (SSSR count). The molecule has 0 fully saturated rings. The minimum absolute atomic E-state index is 0.00394. The van der Waals surface area contributed by atoms with Gasteiger partial charge in [0.15, 0.2) is 0 Å². The smallest absolute Gasteiger partial charge is 0.255 e. The summed E-state index contributed by atoms with van der Waals surface area (Å²) in [5, 5.41) is 12.2. The lowest BCUT2D eigenvalue weighted by atomic mass is 10.1. The van der Waals surface area contributed by atoms with Crippen LogP contribution in [0.25, 0.3) is 0 Å². The highest BCUT2D eigenvalue weighted by atomic mass is 32.2. The summed E-state index contributed by atoms with van der Waals surface area (Å²) in [7, 11) is 0. The molecule has 32 heavy (non-hydrogen) atoms. The van der Waals surface area contributed by atoms with Crippen molar-refractivity contribution in [1.82, 2.24) is 0 Å². The molecule has 1 heterocycles. The largest absolute Gasteiger partial charge is 0.396 e. The Bertz CT molecular complexity index is 1170. The highest BCUT2D eigenvalue weighted by molar-refractivity contribution is 8.03. The topological polar surface area (TPSA) is 69.6 Å². The van der Waals surface area contributed by atoms with E-state index in [0.29, 0.717) is 24.2 Å². The maximum atomic E-state index is 13.0. The summed E-state index contributed by atoms with van der Waals surface area (Å²) in [4.78, 5) is 29.1. The summed E-state index contributed by atoms with van der Waals surface area (Å²) < 4.78 is 0. The Morgan fingerprint density at radius 2 is 1.72 bits per heavy atom. The fraction of sp³-hybridized carbons (Fsp3) is 0.154. The highest BCUT2D eigenvalue weighted by Gasteiger charge is 2.22. The van der Waals surface area contributed by atoms with E-state index in [4.69, 9.17) is 0 Å². The first-order valence-corrected chi connectivity index (χ1v) is 11.2. The van der Waals surface area contributed by atoms with Gasteiger partial charge in [0.05, 0.1) is 12.2 Å². The van der Waals surface area contributed by atoms with Crippen LogP contribution in [0.2, 0.25) is 0 Å². The van der Waals surface area contributed by atoms with Crippen LogP contribution in [0, 0.1) is 6.92 Å². The van der Waals surface area contributed by atoms with Gasteiger partial charge in [-0.2, -0.15) is 0 Å². The number of nitrogens with zero attached hydrogens (tertiary/aromatic N) is 1. The maximum absolute atomic E-state index is 13.0. The zero-order chi connectivity index (χ0) is 22.5. The number of aliphatic hydroxyl groups excluding tert-OH is 1. The van der Waals surface area contributed by atoms with E-state index in [1.54, 1.807) is 17.0 Å². The predicted molar refractivity (Wildman–Crippen MR) is 129 cm³/mol. The van der Waals surface area contributed by atoms with Crippen molar-refractivity contribution in [3.63, 3.8) is 0 Å². The zero-order valence-corrected chi connectivity index (χ0v) is 18.6. The molecule has 162 valence electrons. The fourth-order valence-corrected chi connectivity index (χ4v) is 4.64. The van der Waals surface area contributed by atoms with Gasteiger partial charge in [-0.1, -0.05) is 54.2 Å². The van der Waals surface area contributed by atoms with Crippen LogP contribution in [0.4, 0.5) is 11.4 Å². The van der Waals surface area contributed by atoms with E-state index in [-0.39, 0.29) is 18.4 Å². The number of rotatable bonds is 6. The number of aryl methyl sites for hydroxylation is 1. The van der Waals surface area contributed by atoms with Gasteiger partial charge < -0.3 is 15.3 Å². The van der Waals surface area contributed by atoms with Gasteiger partial charge in [-0.05, 0) is 53.3 Å². The van der Waals surface area contributed by atoms with Crippen molar-refractivity contribution >= 4 is 35.0 Å². The Kier molecular flexibility index (Phi) is 6.73. The van der Waals surface area contributed by atoms with E-state index in [0.717, 1.165) is 26.6 Å². The zero-order valence-electron chi connectivity index (χ0n) is 17.7. The molecule has 0 spiro atoms. The number of hydrogen-bond donors (Lipinski definition) is 2. The van der Waals surface area contributed by atoms with Gasteiger partial charge in [-0.3, -0.25) is 9.59 Å². The van der Waals surface area contributed by atoms with Crippen LogP contribution in [-0.4, -0.2) is 23.5 Å². The molecule has 0 bridgehead atoms. The van der Waals surface area contributed by atoms with E-state index >= 15 is 0 Å². The van der Waals surface area contributed by atoms with Crippen molar-refractivity contribution in [3.8, 4) is 0 Å². The Morgan fingerprint density at radius 1 is 1.00 bits per heavy atom. The van der Waals surface area contributed by atoms with Crippen LogP contribution in [0.3, 0.4) is 0 Å². The number of carbonyl (C=O) groups excluding carboxylic acids is 2. The molecule has 0 aromatic heterocycles. The Labute approximate surface area is 191 Å². The number of fused-ring (bicyclic) bond motifs is 1. The highest BCUT2D eigenvalue weighted by Crippen LogP contribution is 2.39. The average Bonchev–Trinajstić information content (AvgIpc) is 2.91. The molecular weight excluding hydrogens is 420 g/mol. The van der Waals surface area contributed by atoms with Crippen molar-refractivity contribution in [2.75, 3.05) is 16.8 Å². The average molecular weight is 445 g/mol. The summed E-state index contributed by atoms with van der Waals surface area (Å²) in [6.45, 7) is 2.32. The third-order valence-corrected chi connectivity index (χ3v) is 6.40. The van der Waals surface area contributed by atoms with Crippen molar-refractivity contribution in [3.05, 3.63) is 100 Å². The molecule has 2 amide bonds. The molecule has 3 aromatic carbocycles. The van der Waals surface area contributed by atoms with Crippen LogP contribution in [0.5, 0.6) is 0 Å². The molecular formula is C26H24N2O3S. The van der Waals surface area contributed by atoms with Gasteiger partial charge >= 0.3 is 0 Å². The van der Waals surface area contributed by atoms with Crippen molar-refractivity contribution in [1.29, 1.82) is 0 Å². The first-order chi connectivity index (χ1) is 15.5. The summed E-state index contributed by atoms with van der Waals surface area (Å²) in [6, 6.07) is 22.8. The molecule has 0 aliphatic carbocycles. The monoisotopic (exact) mass is 444 g/mol. The lowest BCUT2D eigenvalue weighted by Gasteiger charge is -2.22. The molecule has 0 saturated heterocycles. The number of hydrogen-bond acceptors (Lipinski definition) is 4. The van der Waals surface area contributed by atoms with Crippen molar-refractivity contribution in [2.45, 2.75) is 24.8 Å². The Balaban J connectivity index is 1.52. The molecule has 3 aromatic rings. The van der Waals surface area contributed by atoms with Gasteiger partial charge in [0.2, 0.25) is 0 Å². The number of carbonyl (C=O) groups is 2. The number of anilines is 2. The van der Waals surface area contributed by atoms with Gasteiger partial charge in [0.1, 0.15) is 0 Å². The minimum atomic E-state index is -0.147. The van der Waals surface area contributed by atoms with Crippen LogP contribution in [0.1, 0.15) is 27.9 Å². The Morgan fingerprint density at radius 3 is 2.47 bits per heavy atom. The molecule has 0 unspecified atom stereocenters. The third kappa shape index (κ3) is 4.93. The summed E-state index contributed by atoms with van der Waals surface area (Å²) in [5.74, 6) is -0.256. The number of para-hydroxylation sites is 1. The summed E-state index contributed by atoms with van der Waals surface area (Å²) >= 11 is 1.52. The SMILES string of the molecule is Cc1ccccc1C(=O)Nc1ccc(CN2C(=O)C=C(CCO)Sc3ccccc32)cc1. The molecule has 0 atom stereocenters. The van der Waals surface area contributed by atoms with E-state index < -0.39 is 0 Å². The van der Waals surface area contributed by atoms with E-state index in [2.05, 4.69) is 5.32 Å². The number of nitrogens with one attached hydrogen (secondary N) is 1. The lowest BCUT2D eigenvalue weighted by Crippen LogP contribution is -2.28. The molecule has 1 aliphatic heterocycles. The lowest BCUT2D eigenvalue weighted by molar-refractivity contribution is -0.114. The van der Waals surface area contributed by atoms with Crippen molar-refractivity contribution in [2.24, 2.45) is 0 Å². The molecule has 5 nitrogen and oxygen atoms in total. The molecule has 2 N–H and O–H groups in total. The standard InChI is InChI=1S/C26H24N2O3S/c1-18-6-2-3-7-22(18)26(31)27-20-12-10-19(11-13-20)17-28-23-8-4-5-9-24(23)32-21(14-15-29)16-25(28)30/h2-13,16,29H,14-15,17H2,1H3,(H,27,31). The van der Waals surface area contributed by atoms with Gasteiger partial charge in [0.25, 0.3) is 11.8 Å². The molecule has 0 saturated carbocycles. The third-order valence-electron chi connectivity index (χ3n) is 5.25. The van der Waals surface area contributed by atoms with Gasteiger partial charge in [-0.25, -0.2) is 0 Å².